The molecule has 0 saturated carbocycles. The number of hydrogen-bond acceptors (Lipinski definition) is 3. The molecule has 13 heavy (non-hydrogen) atoms. The summed E-state index contributed by atoms with van der Waals surface area (Å²) >= 11 is 0. The third-order valence-electron chi connectivity index (χ3n) is 2.24. The molecule has 2 atom stereocenters. The number of carbonyl (C=O) groups is 1. The van der Waals surface area contributed by atoms with Gasteiger partial charge in [0, 0.05) is 32.7 Å². The lowest BCUT2D eigenvalue weighted by Gasteiger charge is -2.25. The topological polar surface area (TPSA) is 38.3 Å². The summed E-state index contributed by atoms with van der Waals surface area (Å²) < 4.78 is 4.25. The molecule has 1 heterocycles. The number of methoxy groups -OCH3 is 1. The first-order valence-corrected chi connectivity index (χ1v) is 4.87. The van der Waals surface area contributed by atoms with E-state index in [1.54, 1.807) is 14.2 Å². The van der Waals surface area contributed by atoms with Gasteiger partial charge in [0.25, 0.3) is 0 Å². The fourth-order valence-corrected chi connectivity index (χ4v) is 1.40. The van der Waals surface area contributed by atoms with Crippen molar-refractivity contribution in [3.05, 3.63) is 0 Å². The molecule has 0 bridgehead atoms. The Labute approximate surface area is 80.8 Å². The van der Waals surface area contributed by atoms with Crippen molar-refractivity contribution in [1.29, 1.82) is 0 Å². The second-order valence-corrected chi connectivity index (χ2v) is 3.40. The summed E-state index contributed by atoms with van der Waals surface area (Å²) in [6, 6.07) is 0.663. The summed E-state index contributed by atoms with van der Waals surface area (Å²) in [5, 5.41) is 3.34. The van der Waals surface area contributed by atoms with E-state index in [2.05, 4.69) is 17.0 Å². The standard InChI is InChI=1S/C8H15NO.C2H6O/c1-2-8-4-3-7(6-10)5-9-8;1-3-2/h6-9H,2-5H2,1H3;1-2H3/t7-,8+;/m0./s1. The molecular formula is C10H21NO2. The second kappa shape index (κ2) is 8.20. The molecule has 78 valence electrons. The Morgan fingerprint density at radius 3 is 2.38 bits per heavy atom. The Morgan fingerprint density at radius 2 is 2.08 bits per heavy atom. The van der Waals surface area contributed by atoms with Gasteiger partial charge in [0.2, 0.25) is 0 Å². The largest absolute Gasteiger partial charge is 0.388 e. The molecule has 1 aliphatic heterocycles. The van der Waals surface area contributed by atoms with Gasteiger partial charge < -0.3 is 14.8 Å². The Kier molecular flexibility index (Phi) is 7.94. The SMILES string of the molecule is CC[C@@H]1CC[C@H](C=O)CN1.COC. The average molecular weight is 187 g/mol. The molecule has 1 saturated heterocycles. The van der Waals surface area contributed by atoms with Crippen LogP contribution in [0.4, 0.5) is 0 Å². The number of piperidine rings is 1. The second-order valence-electron chi connectivity index (χ2n) is 3.40. The maximum absolute atomic E-state index is 10.3. The van der Waals surface area contributed by atoms with Crippen LogP contribution in [0.15, 0.2) is 0 Å². The van der Waals surface area contributed by atoms with Crippen molar-refractivity contribution in [3.8, 4) is 0 Å². The van der Waals surface area contributed by atoms with Crippen LogP contribution in [0, 0.1) is 5.92 Å². The minimum Gasteiger partial charge on any atom is -0.388 e. The van der Waals surface area contributed by atoms with Crippen LogP contribution in [0.25, 0.3) is 0 Å². The van der Waals surface area contributed by atoms with E-state index in [4.69, 9.17) is 0 Å². The molecule has 0 aromatic heterocycles. The van der Waals surface area contributed by atoms with Gasteiger partial charge in [-0.15, -0.1) is 0 Å². The van der Waals surface area contributed by atoms with E-state index in [1.165, 1.54) is 12.8 Å². The lowest BCUT2D eigenvalue weighted by Crippen LogP contribution is -2.38. The van der Waals surface area contributed by atoms with E-state index < -0.39 is 0 Å². The summed E-state index contributed by atoms with van der Waals surface area (Å²) in [5.41, 5.74) is 0. The van der Waals surface area contributed by atoms with Crippen molar-refractivity contribution in [2.75, 3.05) is 20.8 Å². The molecule has 1 rings (SSSR count). The quantitative estimate of drug-likeness (QED) is 0.661. The summed E-state index contributed by atoms with van der Waals surface area (Å²) in [6.07, 6.45) is 4.50. The Hall–Kier alpha value is -0.410. The number of rotatable bonds is 2. The summed E-state index contributed by atoms with van der Waals surface area (Å²) in [4.78, 5) is 10.3. The van der Waals surface area contributed by atoms with Crippen LogP contribution in [0.2, 0.25) is 0 Å². The summed E-state index contributed by atoms with van der Waals surface area (Å²) in [6.45, 7) is 3.07. The van der Waals surface area contributed by atoms with Crippen LogP contribution in [0.1, 0.15) is 26.2 Å². The van der Waals surface area contributed by atoms with E-state index in [0.717, 1.165) is 19.3 Å². The molecule has 0 aliphatic carbocycles. The number of ether oxygens (including phenoxy) is 1. The van der Waals surface area contributed by atoms with Crippen LogP contribution in [0.3, 0.4) is 0 Å². The molecule has 1 aliphatic rings. The minimum atomic E-state index is 0.280. The van der Waals surface area contributed by atoms with Gasteiger partial charge in [0.05, 0.1) is 0 Å². The number of carbonyl (C=O) groups excluding carboxylic acids is 1. The predicted octanol–water partition coefficient (Wildman–Crippen LogP) is 1.23. The first-order chi connectivity index (χ1) is 6.28. The highest BCUT2D eigenvalue weighted by molar-refractivity contribution is 5.53. The van der Waals surface area contributed by atoms with Crippen molar-refractivity contribution in [2.45, 2.75) is 32.2 Å². The molecule has 0 radical (unpaired) electrons. The van der Waals surface area contributed by atoms with Gasteiger partial charge in [0.1, 0.15) is 6.29 Å². The first-order valence-electron chi connectivity index (χ1n) is 4.87. The molecule has 1 fully saturated rings. The highest BCUT2D eigenvalue weighted by atomic mass is 16.4. The van der Waals surface area contributed by atoms with Crippen molar-refractivity contribution in [2.24, 2.45) is 5.92 Å². The van der Waals surface area contributed by atoms with Gasteiger partial charge in [-0.3, -0.25) is 0 Å². The molecule has 0 aromatic carbocycles. The third-order valence-corrected chi connectivity index (χ3v) is 2.24. The van der Waals surface area contributed by atoms with Crippen LogP contribution in [-0.4, -0.2) is 33.1 Å². The van der Waals surface area contributed by atoms with E-state index in [0.29, 0.717) is 6.04 Å². The smallest absolute Gasteiger partial charge is 0.124 e. The monoisotopic (exact) mass is 187 g/mol. The zero-order valence-electron chi connectivity index (χ0n) is 8.88. The van der Waals surface area contributed by atoms with Gasteiger partial charge >= 0.3 is 0 Å². The molecule has 0 amide bonds. The number of aldehydes is 1. The maximum atomic E-state index is 10.3. The summed E-state index contributed by atoms with van der Waals surface area (Å²) in [7, 11) is 3.25. The lowest BCUT2D eigenvalue weighted by molar-refractivity contribution is -0.111. The van der Waals surface area contributed by atoms with Gasteiger partial charge in [-0.2, -0.15) is 0 Å². The summed E-state index contributed by atoms with van der Waals surface area (Å²) in [5.74, 6) is 0.280. The fourth-order valence-electron chi connectivity index (χ4n) is 1.40. The molecule has 3 heteroatoms. The number of hydrogen-bond donors (Lipinski definition) is 1. The van der Waals surface area contributed by atoms with Crippen LogP contribution in [0.5, 0.6) is 0 Å². The normalized spacial score (nSPS) is 27.3. The number of nitrogens with one attached hydrogen (secondary N) is 1. The van der Waals surface area contributed by atoms with E-state index in [1.807, 2.05) is 0 Å². The Morgan fingerprint density at radius 1 is 1.46 bits per heavy atom. The average Bonchev–Trinajstić information content (AvgIpc) is 2.19. The molecule has 0 spiro atoms. The Balaban J connectivity index is 0.000000424. The first kappa shape index (κ1) is 12.6. The van der Waals surface area contributed by atoms with Crippen molar-refractivity contribution in [1.82, 2.24) is 5.32 Å². The van der Waals surface area contributed by atoms with E-state index >= 15 is 0 Å². The molecule has 0 aromatic rings. The lowest BCUT2D eigenvalue weighted by atomic mass is 9.95. The maximum Gasteiger partial charge on any atom is 0.124 e. The fraction of sp³-hybridized carbons (Fsp3) is 0.900. The van der Waals surface area contributed by atoms with Gasteiger partial charge in [0.15, 0.2) is 0 Å². The minimum absolute atomic E-state index is 0.280. The van der Waals surface area contributed by atoms with Crippen molar-refractivity contribution in [3.63, 3.8) is 0 Å². The predicted molar refractivity (Wildman–Crippen MR) is 53.8 cm³/mol. The van der Waals surface area contributed by atoms with E-state index in [9.17, 15) is 4.79 Å². The molecular weight excluding hydrogens is 166 g/mol. The van der Waals surface area contributed by atoms with Crippen LogP contribution < -0.4 is 5.32 Å². The van der Waals surface area contributed by atoms with Gasteiger partial charge in [-0.25, -0.2) is 0 Å². The Bertz CT molecular complexity index is 120. The van der Waals surface area contributed by atoms with Crippen LogP contribution >= 0.6 is 0 Å². The molecule has 3 nitrogen and oxygen atoms in total. The zero-order chi connectivity index (χ0) is 10.1. The van der Waals surface area contributed by atoms with Crippen molar-refractivity contribution < 1.29 is 9.53 Å². The third kappa shape index (κ3) is 5.77. The van der Waals surface area contributed by atoms with Gasteiger partial charge in [-0.1, -0.05) is 6.92 Å². The van der Waals surface area contributed by atoms with Gasteiger partial charge in [-0.05, 0) is 19.3 Å². The molecule has 0 unspecified atom stereocenters. The highest BCUT2D eigenvalue weighted by Gasteiger charge is 2.17. The highest BCUT2D eigenvalue weighted by Crippen LogP contribution is 2.13. The molecule has 1 N–H and O–H groups in total. The zero-order valence-corrected chi connectivity index (χ0v) is 8.88. The van der Waals surface area contributed by atoms with Crippen LogP contribution in [-0.2, 0) is 9.53 Å². The van der Waals surface area contributed by atoms with E-state index in [-0.39, 0.29) is 5.92 Å². The van der Waals surface area contributed by atoms with Crippen molar-refractivity contribution >= 4 is 6.29 Å².